The molecular weight excluding hydrogens is 236 g/mol. The third kappa shape index (κ3) is 2.26. The molecule has 0 bridgehead atoms. The van der Waals surface area contributed by atoms with Gasteiger partial charge in [-0.1, -0.05) is 6.07 Å². The Labute approximate surface area is 113 Å². The van der Waals surface area contributed by atoms with Crippen LogP contribution in [0, 0.1) is 6.92 Å². The van der Waals surface area contributed by atoms with E-state index < -0.39 is 0 Å². The second-order valence-electron chi connectivity index (χ2n) is 5.04. The molecule has 1 fully saturated rings. The first kappa shape index (κ1) is 12.0. The summed E-state index contributed by atoms with van der Waals surface area (Å²) in [6.45, 7) is 3.00. The molecule has 1 aliphatic rings. The highest BCUT2D eigenvalue weighted by atomic mass is 15.2. The molecule has 2 N–H and O–H groups in total. The van der Waals surface area contributed by atoms with Gasteiger partial charge in [0.1, 0.15) is 5.82 Å². The normalized spacial score (nSPS) is 18.8. The van der Waals surface area contributed by atoms with Crippen molar-refractivity contribution in [3.05, 3.63) is 47.9 Å². The van der Waals surface area contributed by atoms with E-state index >= 15 is 0 Å². The van der Waals surface area contributed by atoms with Crippen molar-refractivity contribution in [2.75, 3.05) is 17.2 Å². The number of rotatable bonds is 2. The van der Waals surface area contributed by atoms with Gasteiger partial charge < -0.3 is 10.6 Å². The van der Waals surface area contributed by atoms with Crippen molar-refractivity contribution in [3.63, 3.8) is 0 Å². The van der Waals surface area contributed by atoms with Gasteiger partial charge in [-0.05, 0) is 37.0 Å². The van der Waals surface area contributed by atoms with E-state index in [4.69, 9.17) is 5.73 Å². The van der Waals surface area contributed by atoms with Crippen LogP contribution in [-0.2, 0) is 0 Å². The van der Waals surface area contributed by atoms with Crippen LogP contribution in [0.2, 0.25) is 0 Å². The van der Waals surface area contributed by atoms with Crippen molar-refractivity contribution in [1.29, 1.82) is 0 Å². The Hall–Kier alpha value is -2.10. The van der Waals surface area contributed by atoms with Gasteiger partial charge in [0, 0.05) is 36.9 Å². The molecule has 0 aromatic carbocycles. The van der Waals surface area contributed by atoms with Gasteiger partial charge >= 0.3 is 0 Å². The smallest absolute Gasteiger partial charge is 0.131 e. The quantitative estimate of drug-likeness (QED) is 0.895. The number of nitrogen functional groups attached to an aromatic ring is 1. The van der Waals surface area contributed by atoms with Gasteiger partial charge in [-0.2, -0.15) is 0 Å². The molecule has 0 saturated carbocycles. The Balaban J connectivity index is 1.93. The highest BCUT2D eigenvalue weighted by Gasteiger charge is 2.27. The first-order valence-corrected chi connectivity index (χ1v) is 6.64. The standard InChI is InChI=1S/C15H18N4/c1-11-9-18-15(8-13(11)16)19-7-3-5-14(19)12-4-2-6-17-10-12/h2,4,6,8-10,14H,3,5,7H2,1H3,(H2,16,18). The van der Waals surface area contributed by atoms with Crippen molar-refractivity contribution < 1.29 is 0 Å². The van der Waals surface area contributed by atoms with E-state index in [1.165, 1.54) is 12.0 Å². The van der Waals surface area contributed by atoms with Crippen LogP contribution in [0.15, 0.2) is 36.8 Å². The lowest BCUT2D eigenvalue weighted by molar-refractivity contribution is 0.708. The minimum atomic E-state index is 0.364. The van der Waals surface area contributed by atoms with Crippen LogP contribution in [-0.4, -0.2) is 16.5 Å². The Morgan fingerprint density at radius 2 is 2.26 bits per heavy atom. The Morgan fingerprint density at radius 1 is 1.37 bits per heavy atom. The van der Waals surface area contributed by atoms with Gasteiger partial charge in [0.05, 0.1) is 6.04 Å². The van der Waals surface area contributed by atoms with Crippen LogP contribution >= 0.6 is 0 Å². The lowest BCUT2D eigenvalue weighted by Crippen LogP contribution is -2.23. The van der Waals surface area contributed by atoms with Crippen LogP contribution < -0.4 is 10.6 Å². The molecule has 1 atom stereocenters. The molecule has 98 valence electrons. The number of aryl methyl sites for hydroxylation is 1. The predicted octanol–water partition coefficient (Wildman–Crippen LogP) is 2.71. The molecule has 0 aliphatic carbocycles. The van der Waals surface area contributed by atoms with Crippen molar-refractivity contribution in [2.45, 2.75) is 25.8 Å². The first-order chi connectivity index (χ1) is 9.25. The minimum absolute atomic E-state index is 0.364. The summed E-state index contributed by atoms with van der Waals surface area (Å²) in [5.41, 5.74) is 9.08. The van der Waals surface area contributed by atoms with E-state index in [-0.39, 0.29) is 0 Å². The average Bonchev–Trinajstić information content (AvgIpc) is 2.92. The molecule has 2 aromatic rings. The van der Waals surface area contributed by atoms with Gasteiger partial charge in [-0.3, -0.25) is 4.98 Å². The highest BCUT2D eigenvalue weighted by molar-refractivity contribution is 5.56. The van der Waals surface area contributed by atoms with Crippen molar-refractivity contribution in [3.8, 4) is 0 Å². The molecule has 19 heavy (non-hydrogen) atoms. The average molecular weight is 254 g/mol. The van der Waals surface area contributed by atoms with Gasteiger partial charge in [-0.15, -0.1) is 0 Å². The maximum absolute atomic E-state index is 5.99. The van der Waals surface area contributed by atoms with Gasteiger partial charge in [0.15, 0.2) is 0 Å². The van der Waals surface area contributed by atoms with Crippen molar-refractivity contribution >= 4 is 11.5 Å². The van der Waals surface area contributed by atoms with Crippen molar-refractivity contribution in [1.82, 2.24) is 9.97 Å². The lowest BCUT2D eigenvalue weighted by atomic mass is 10.1. The van der Waals surface area contributed by atoms with Crippen LogP contribution in [0.4, 0.5) is 11.5 Å². The number of hydrogen-bond donors (Lipinski definition) is 1. The highest BCUT2D eigenvalue weighted by Crippen LogP contribution is 2.35. The number of nitrogens with zero attached hydrogens (tertiary/aromatic N) is 3. The molecule has 0 spiro atoms. The summed E-state index contributed by atoms with van der Waals surface area (Å²) in [6.07, 6.45) is 7.92. The van der Waals surface area contributed by atoms with E-state index in [0.29, 0.717) is 6.04 Å². The zero-order valence-electron chi connectivity index (χ0n) is 11.1. The van der Waals surface area contributed by atoms with Crippen LogP contribution in [0.25, 0.3) is 0 Å². The second-order valence-corrected chi connectivity index (χ2v) is 5.04. The van der Waals surface area contributed by atoms with Gasteiger partial charge in [0.25, 0.3) is 0 Å². The third-order valence-electron chi connectivity index (χ3n) is 3.75. The Kier molecular flexibility index (Phi) is 3.07. The fraction of sp³-hybridized carbons (Fsp3) is 0.333. The number of hydrogen-bond acceptors (Lipinski definition) is 4. The molecule has 2 aromatic heterocycles. The summed E-state index contributed by atoms with van der Waals surface area (Å²) in [4.78, 5) is 11.1. The van der Waals surface area contributed by atoms with E-state index in [9.17, 15) is 0 Å². The zero-order valence-corrected chi connectivity index (χ0v) is 11.1. The molecule has 0 radical (unpaired) electrons. The van der Waals surface area contributed by atoms with Crippen molar-refractivity contribution in [2.24, 2.45) is 0 Å². The molecule has 3 rings (SSSR count). The van der Waals surface area contributed by atoms with Crippen LogP contribution in [0.1, 0.15) is 30.0 Å². The summed E-state index contributed by atoms with van der Waals surface area (Å²) >= 11 is 0. The number of nitrogens with two attached hydrogens (primary N) is 1. The monoisotopic (exact) mass is 254 g/mol. The number of pyridine rings is 2. The van der Waals surface area contributed by atoms with Crippen LogP contribution in [0.5, 0.6) is 0 Å². The maximum Gasteiger partial charge on any atom is 0.131 e. The molecule has 0 amide bonds. The summed E-state index contributed by atoms with van der Waals surface area (Å²) in [7, 11) is 0. The lowest BCUT2D eigenvalue weighted by Gasteiger charge is -2.26. The Bertz CT molecular complexity index is 568. The van der Waals surface area contributed by atoms with E-state index in [1.807, 2.05) is 37.6 Å². The maximum atomic E-state index is 5.99. The molecule has 3 heterocycles. The van der Waals surface area contributed by atoms with Crippen LogP contribution in [0.3, 0.4) is 0 Å². The SMILES string of the molecule is Cc1cnc(N2CCCC2c2cccnc2)cc1N. The minimum Gasteiger partial charge on any atom is -0.398 e. The predicted molar refractivity (Wildman–Crippen MR) is 76.9 cm³/mol. The largest absolute Gasteiger partial charge is 0.398 e. The fourth-order valence-electron chi connectivity index (χ4n) is 2.65. The summed E-state index contributed by atoms with van der Waals surface area (Å²) in [5.74, 6) is 0.967. The van der Waals surface area contributed by atoms with E-state index in [1.54, 1.807) is 0 Å². The molecule has 4 heteroatoms. The molecule has 1 aliphatic heterocycles. The zero-order chi connectivity index (χ0) is 13.2. The summed E-state index contributed by atoms with van der Waals surface area (Å²) in [5, 5.41) is 0. The first-order valence-electron chi connectivity index (χ1n) is 6.64. The third-order valence-corrected chi connectivity index (χ3v) is 3.75. The molecular formula is C15H18N4. The van der Waals surface area contributed by atoms with Gasteiger partial charge in [-0.25, -0.2) is 4.98 Å². The van der Waals surface area contributed by atoms with Gasteiger partial charge in [0.2, 0.25) is 0 Å². The summed E-state index contributed by atoms with van der Waals surface area (Å²) in [6, 6.07) is 6.46. The summed E-state index contributed by atoms with van der Waals surface area (Å²) < 4.78 is 0. The number of aromatic nitrogens is 2. The Morgan fingerprint density at radius 3 is 3.00 bits per heavy atom. The molecule has 1 saturated heterocycles. The van der Waals surface area contributed by atoms with E-state index in [2.05, 4.69) is 20.9 Å². The van der Waals surface area contributed by atoms with E-state index in [0.717, 1.165) is 30.0 Å². The second kappa shape index (κ2) is 4.88. The fourth-order valence-corrected chi connectivity index (χ4v) is 2.65. The number of anilines is 2. The molecule has 4 nitrogen and oxygen atoms in total. The molecule has 1 unspecified atom stereocenters. The topological polar surface area (TPSA) is 55.0 Å².